The molecule has 0 aliphatic carbocycles. The molecule has 0 radical (unpaired) electrons. The summed E-state index contributed by atoms with van der Waals surface area (Å²) in [4.78, 5) is 6.62. The zero-order chi connectivity index (χ0) is 15.4. The Balaban J connectivity index is 2.27. The van der Waals surface area contributed by atoms with Gasteiger partial charge >= 0.3 is 0 Å². The first-order chi connectivity index (χ1) is 9.95. The van der Waals surface area contributed by atoms with Gasteiger partial charge in [0.15, 0.2) is 0 Å². The number of likely N-dealkylation sites (N-methyl/N-ethyl adjacent to an activating group) is 1. The van der Waals surface area contributed by atoms with Crippen molar-refractivity contribution in [2.75, 3.05) is 26.0 Å². The average molecular weight is 306 g/mol. The Hall–Kier alpha value is -1.32. The predicted octanol–water partition coefficient (Wildman–Crippen LogP) is 4.28. The second kappa shape index (κ2) is 7.10. The molecule has 3 nitrogen and oxygen atoms in total. The Kier molecular flexibility index (Phi) is 5.43. The highest BCUT2D eigenvalue weighted by atomic mass is 35.5. The molecule has 0 aliphatic rings. The van der Waals surface area contributed by atoms with E-state index >= 15 is 0 Å². The van der Waals surface area contributed by atoms with Gasteiger partial charge in [0.2, 0.25) is 0 Å². The quantitative estimate of drug-likeness (QED) is 0.863. The van der Waals surface area contributed by atoms with Gasteiger partial charge in [0.05, 0.1) is 5.52 Å². The third-order valence-electron chi connectivity index (χ3n) is 3.41. The molecule has 0 spiro atoms. The van der Waals surface area contributed by atoms with Crippen LogP contribution in [-0.2, 0) is 0 Å². The first kappa shape index (κ1) is 16.1. The van der Waals surface area contributed by atoms with E-state index in [4.69, 9.17) is 11.6 Å². The van der Waals surface area contributed by atoms with E-state index in [2.05, 4.69) is 43.1 Å². The van der Waals surface area contributed by atoms with E-state index in [0.29, 0.717) is 12.0 Å². The molecule has 0 aliphatic heterocycles. The maximum Gasteiger partial charge on any atom is 0.0737 e. The lowest BCUT2D eigenvalue weighted by Crippen LogP contribution is -2.33. The van der Waals surface area contributed by atoms with Crippen molar-refractivity contribution in [3.05, 3.63) is 35.5 Å². The Labute approximate surface area is 132 Å². The van der Waals surface area contributed by atoms with Crippen molar-refractivity contribution in [3.8, 4) is 0 Å². The number of anilines is 1. The van der Waals surface area contributed by atoms with Crippen molar-refractivity contribution in [1.29, 1.82) is 0 Å². The second-order valence-corrected chi connectivity index (χ2v) is 6.69. The van der Waals surface area contributed by atoms with Crippen molar-refractivity contribution in [2.45, 2.75) is 26.3 Å². The molecule has 4 heteroatoms. The number of rotatable bonds is 6. The van der Waals surface area contributed by atoms with Gasteiger partial charge in [-0.05, 0) is 50.7 Å². The maximum absolute atomic E-state index is 6.05. The third-order valence-corrected chi connectivity index (χ3v) is 3.64. The molecule has 1 aromatic heterocycles. The van der Waals surface area contributed by atoms with E-state index in [-0.39, 0.29) is 0 Å². The topological polar surface area (TPSA) is 28.2 Å². The monoisotopic (exact) mass is 305 g/mol. The number of pyridine rings is 1. The number of hydrogen-bond acceptors (Lipinski definition) is 3. The third kappa shape index (κ3) is 4.58. The number of halogens is 1. The van der Waals surface area contributed by atoms with E-state index in [1.54, 1.807) is 0 Å². The molecule has 2 aromatic rings. The standard InChI is InChI=1S/C17H24ClN3/c1-12(2)9-14(11-21(3)4)20-16-7-8-19-17-10-13(18)5-6-15(16)17/h5-8,10,12,14H,9,11H2,1-4H3,(H,19,20). The van der Waals surface area contributed by atoms with Gasteiger partial charge in [-0.2, -0.15) is 0 Å². The summed E-state index contributed by atoms with van der Waals surface area (Å²) in [6.07, 6.45) is 2.97. The van der Waals surface area contributed by atoms with Gasteiger partial charge in [-0.3, -0.25) is 4.98 Å². The minimum Gasteiger partial charge on any atom is -0.380 e. The zero-order valence-electron chi connectivity index (χ0n) is 13.2. The average Bonchev–Trinajstić information content (AvgIpc) is 2.36. The summed E-state index contributed by atoms with van der Waals surface area (Å²) in [6.45, 7) is 5.53. The Bertz CT molecular complexity index is 586. The first-order valence-electron chi connectivity index (χ1n) is 7.41. The Morgan fingerprint density at radius 1 is 1.24 bits per heavy atom. The zero-order valence-corrected chi connectivity index (χ0v) is 14.0. The van der Waals surface area contributed by atoms with Crippen LogP contribution in [0, 0.1) is 5.92 Å². The number of nitrogens with zero attached hydrogens (tertiary/aromatic N) is 2. The van der Waals surface area contributed by atoms with Crippen LogP contribution in [0.1, 0.15) is 20.3 Å². The van der Waals surface area contributed by atoms with Crippen molar-refractivity contribution in [1.82, 2.24) is 9.88 Å². The Morgan fingerprint density at radius 2 is 2.00 bits per heavy atom. The van der Waals surface area contributed by atoms with Crippen molar-refractivity contribution in [2.24, 2.45) is 5.92 Å². The van der Waals surface area contributed by atoms with Gasteiger partial charge in [-0.1, -0.05) is 25.4 Å². The SMILES string of the molecule is CC(C)CC(CN(C)C)Nc1ccnc2cc(Cl)ccc12. The molecule has 0 saturated heterocycles. The Morgan fingerprint density at radius 3 is 2.67 bits per heavy atom. The van der Waals surface area contributed by atoms with Gasteiger partial charge in [-0.25, -0.2) is 0 Å². The lowest BCUT2D eigenvalue weighted by atomic mass is 10.0. The van der Waals surface area contributed by atoms with Crippen LogP contribution in [-0.4, -0.2) is 36.6 Å². The molecule has 0 bridgehead atoms. The molecular weight excluding hydrogens is 282 g/mol. The van der Waals surface area contributed by atoms with Gasteiger partial charge < -0.3 is 10.2 Å². The molecule has 0 saturated carbocycles. The summed E-state index contributed by atoms with van der Waals surface area (Å²) in [5.74, 6) is 0.657. The van der Waals surface area contributed by atoms with Gasteiger partial charge in [0.1, 0.15) is 0 Å². The molecule has 1 N–H and O–H groups in total. The highest BCUT2D eigenvalue weighted by molar-refractivity contribution is 6.31. The maximum atomic E-state index is 6.05. The van der Waals surface area contributed by atoms with Crippen molar-refractivity contribution >= 4 is 28.2 Å². The molecule has 21 heavy (non-hydrogen) atoms. The summed E-state index contributed by atoms with van der Waals surface area (Å²) in [6, 6.07) is 8.32. The van der Waals surface area contributed by atoms with Crippen LogP contribution in [0.25, 0.3) is 10.9 Å². The predicted molar refractivity (Wildman–Crippen MR) is 92.2 cm³/mol. The van der Waals surface area contributed by atoms with Crippen LogP contribution < -0.4 is 5.32 Å². The number of nitrogens with one attached hydrogen (secondary N) is 1. The van der Waals surface area contributed by atoms with Crippen LogP contribution in [0.3, 0.4) is 0 Å². The van der Waals surface area contributed by atoms with Crippen LogP contribution >= 0.6 is 11.6 Å². The van der Waals surface area contributed by atoms with Gasteiger partial charge in [0.25, 0.3) is 0 Å². The van der Waals surface area contributed by atoms with Gasteiger partial charge in [0, 0.05) is 34.9 Å². The van der Waals surface area contributed by atoms with Crippen molar-refractivity contribution in [3.63, 3.8) is 0 Å². The molecular formula is C17H24ClN3. The molecule has 1 heterocycles. The molecule has 1 unspecified atom stereocenters. The molecule has 114 valence electrons. The number of hydrogen-bond donors (Lipinski definition) is 1. The highest BCUT2D eigenvalue weighted by Crippen LogP contribution is 2.25. The fourth-order valence-electron chi connectivity index (χ4n) is 2.66. The van der Waals surface area contributed by atoms with Crippen LogP contribution in [0.2, 0.25) is 5.02 Å². The van der Waals surface area contributed by atoms with Crippen LogP contribution in [0.4, 0.5) is 5.69 Å². The van der Waals surface area contributed by atoms with E-state index in [1.807, 2.05) is 30.5 Å². The van der Waals surface area contributed by atoms with Crippen molar-refractivity contribution < 1.29 is 0 Å². The highest BCUT2D eigenvalue weighted by Gasteiger charge is 2.13. The fraction of sp³-hybridized carbons (Fsp3) is 0.471. The number of aromatic nitrogens is 1. The normalized spacial score (nSPS) is 13.1. The lowest BCUT2D eigenvalue weighted by Gasteiger charge is -2.25. The summed E-state index contributed by atoms with van der Waals surface area (Å²) < 4.78 is 0. The van der Waals surface area contributed by atoms with E-state index in [0.717, 1.165) is 34.6 Å². The largest absolute Gasteiger partial charge is 0.380 e. The summed E-state index contributed by atoms with van der Waals surface area (Å²) in [7, 11) is 4.22. The van der Waals surface area contributed by atoms with E-state index < -0.39 is 0 Å². The molecule has 0 amide bonds. The number of fused-ring (bicyclic) bond motifs is 1. The minimum absolute atomic E-state index is 0.418. The molecule has 1 atom stereocenters. The van der Waals surface area contributed by atoms with Crippen LogP contribution in [0.5, 0.6) is 0 Å². The summed E-state index contributed by atoms with van der Waals surface area (Å²) in [5.41, 5.74) is 2.06. The molecule has 1 aromatic carbocycles. The molecule has 2 rings (SSSR count). The van der Waals surface area contributed by atoms with Crippen LogP contribution in [0.15, 0.2) is 30.5 Å². The molecule has 0 fully saturated rings. The summed E-state index contributed by atoms with van der Waals surface area (Å²) in [5, 5.41) is 5.52. The number of benzene rings is 1. The fourth-order valence-corrected chi connectivity index (χ4v) is 2.82. The second-order valence-electron chi connectivity index (χ2n) is 6.25. The summed E-state index contributed by atoms with van der Waals surface area (Å²) >= 11 is 6.05. The van der Waals surface area contributed by atoms with E-state index in [1.165, 1.54) is 0 Å². The van der Waals surface area contributed by atoms with Gasteiger partial charge in [-0.15, -0.1) is 0 Å². The van der Waals surface area contributed by atoms with E-state index in [9.17, 15) is 0 Å². The minimum atomic E-state index is 0.418. The first-order valence-corrected chi connectivity index (χ1v) is 7.79. The lowest BCUT2D eigenvalue weighted by molar-refractivity contribution is 0.356. The smallest absolute Gasteiger partial charge is 0.0737 e.